The highest BCUT2D eigenvalue weighted by molar-refractivity contribution is 5.98. The number of carboxylic acid groups (broad SMARTS) is 2. The molecule has 0 aliphatic rings. The molecule has 0 saturated carbocycles. The Morgan fingerprint density at radius 3 is 1.83 bits per heavy atom. The number of amides is 5. The van der Waals surface area contributed by atoms with Crippen LogP contribution in [0.2, 0.25) is 0 Å². The highest BCUT2D eigenvalue weighted by atomic mass is 16.6. The van der Waals surface area contributed by atoms with Crippen LogP contribution in [0, 0.1) is 5.92 Å². The fourth-order valence-corrected chi connectivity index (χ4v) is 5.00. The van der Waals surface area contributed by atoms with E-state index in [0.29, 0.717) is 11.1 Å². The molecule has 0 radical (unpaired) electrons. The SMILES string of the molecule is CC(C)C(NC(=O)c1ccccc1)C(=O)NNC(=O)[C@H](Cc1ccc(OCC(=O)O)c(C(=O)O)c1)NC(=O)[C@@H](Cc1ccccc1)NC(=O)OC(C)(C)C. The summed E-state index contributed by atoms with van der Waals surface area (Å²) in [5.41, 5.74) is 4.45. The van der Waals surface area contributed by atoms with Crippen molar-refractivity contribution in [1.82, 2.24) is 26.8 Å². The van der Waals surface area contributed by atoms with Gasteiger partial charge < -0.3 is 35.6 Å². The number of carbonyl (C=O) groups excluding carboxylic acids is 5. The number of aliphatic carboxylic acids is 1. The molecule has 16 nitrogen and oxygen atoms in total. The number of hydrazine groups is 1. The zero-order chi connectivity index (χ0) is 40.0. The molecule has 0 bridgehead atoms. The summed E-state index contributed by atoms with van der Waals surface area (Å²) >= 11 is 0. The standard InChI is InChI=1S/C38H45N5O11/c1-22(2)31(41-32(46)25-14-10-7-11-15-25)35(49)43-42-34(48)28(20-24-16-17-29(53-21-30(44)45)26(18-24)36(50)51)39-33(47)27(19-23-12-8-6-9-13-23)40-37(52)54-38(3,4)5/h6-18,22,27-28,31H,19-21H2,1-5H3,(H,39,47)(H,40,52)(H,41,46)(H,42,48)(H,43,49)(H,44,45)(H,50,51)/t27-,28+,31?/m1/s1. The van der Waals surface area contributed by atoms with Crippen molar-refractivity contribution in [2.75, 3.05) is 6.61 Å². The normalized spacial score (nSPS) is 12.6. The summed E-state index contributed by atoms with van der Waals surface area (Å²) in [5, 5.41) is 26.5. The molecule has 0 heterocycles. The van der Waals surface area contributed by atoms with Gasteiger partial charge in [-0.3, -0.25) is 30.0 Å². The van der Waals surface area contributed by atoms with Gasteiger partial charge in [0.2, 0.25) is 5.91 Å². The zero-order valence-electron chi connectivity index (χ0n) is 30.5. The highest BCUT2D eigenvalue weighted by Gasteiger charge is 2.31. The van der Waals surface area contributed by atoms with Crippen LogP contribution in [0.4, 0.5) is 4.79 Å². The molecule has 0 fully saturated rings. The van der Waals surface area contributed by atoms with Gasteiger partial charge in [0.1, 0.15) is 35.0 Å². The van der Waals surface area contributed by atoms with Gasteiger partial charge in [0.15, 0.2) is 6.61 Å². The maximum absolute atomic E-state index is 13.9. The molecule has 0 saturated heterocycles. The van der Waals surface area contributed by atoms with Crippen molar-refractivity contribution in [3.8, 4) is 5.75 Å². The molecular formula is C38H45N5O11. The second kappa shape index (κ2) is 19.4. The predicted molar refractivity (Wildman–Crippen MR) is 194 cm³/mol. The second-order valence-electron chi connectivity index (χ2n) is 13.5. The van der Waals surface area contributed by atoms with Crippen molar-refractivity contribution in [1.29, 1.82) is 0 Å². The van der Waals surface area contributed by atoms with E-state index < -0.39 is 83.5 Å². The number of alkyl carbamates (subject to hydrolysis) is 1. The summed E-state index contributed by atoms with van der Waals surface area (Å²) in [7, 11) is 0. The number of aromatic carboxylic acids is 1. The molecule has 0 spiro atoms. The van der Waals surface area contributed by atoms with Crippen molar-refractivity contribution < 1.29 is 53.2 Å². The quantitative estimate of drug-likeness (QED) is 0.105. The van der Waals surface area contributed by atoms with E-state index in [2.05, 4.69) is 26.8 Å². The van der Waals surface area contributed by atoms with Gasteiger partial charge in [-0.25, -0.2) is 14.4 Å². The summed E-state index contributed by atoms with van der Waals surface area (Å²) in [4.78, 5) is 89.5. The lowest BCUT2D eigenvalue weighted by atomic mass is 10.0. The summed E-state index contributed by atoms with van der Waals surface area (Å²) < 4.78 is 10.5. The lowest BCUT2D eigenvalue weighted by molar-refractivity contribution is -0.139. The minimum Gasteiger partial charge on any atom is -0.481 e. The van der Waals surface area contributed by atoms with Gasteiger partial charge in [-0.05, 0) is 62.1 Å². The Hall–Kier alpha value is -6.45. The number of carbonyl (C=O) groups is 7. The fraction of sp³-hybridized carbons (Fsp3) is 0.342. The van der Waals surface area contributed by atoms with Crippen molar-refractivity contribution in [3.05, 3.63) is 101 Å². The van der Waals surface area contributed by atoms with Crippen LogP contribution in [0.15, 0.2) is 78.9 Å². The van der Waals surface area contributed by atoms with E-state index in [1.807, 2.05) is 0 Å². The third kappa shape index (κ3) is 13.6. The Morgan fingerprint density at radius 2 is 1.26 bits per heavy atom. The number of nitrogens with one attached hydrogen (secondary N) is 5. The molecule has 0 aliphatic carbocycles. The van der Waals surface area contributed by atoms with Gasteiger partial charge in [-0.15, -0.1) is 0 Å². The molecule has 0 aromatic heterocycles. The lowest BCUT2D eigenvalue weighted by Gasteiger charge is -2.26. The van der Waals surface area contributed by atoms with E-state index in [9.17, 15) is 38.7 Å². The van der Waals surface area contributed by atoms with E-state index in [1.165, 1.54) is 12.1 Å². The van der Waals surface area contributed by atoms with Crippen LogP contribution in [0.1, 0.15) is 66.5 Å². The molecule has 5 amide bonds. The minimum atomic E-state index is -1.49. The summed E-state index contributed by atoms with van der Waals surface area (Å²) in [6.07, 6.45) is -1.24. The average Bonchev–Trinajstić information content (AvgIpc) is 3.11. The predicted octanol–water partition coefficient (Wildman–Crippen LogP) is 2.61. The van der Waals surface area contributed by atoms with Crippen LogP contribution < -0.4 is 31.5 Å². The Labute approximate surface area is 312 Å². The molecule has 7 N–H and O–H groups in total. The molecule has 0 aliphatic heterocycles. The van der Waals surface area contributed by atoms with E-state index in [4.69, 9.17) is 14.6 Å². The number of ether oxygens (including phenoxy) is 2. The Morgan fingerprint density at radius 1 is 0.685 bits per heavy atom. The summed E-state index contributed by atoms with van der Waals surface area (Å²) in [6, 6.07) is 16.8. The highest BCUT2D eigenvalue weighted by Crippen LogP contribution is 2.22. The van der Waals surface area contributed by atoms with Gasteiger partial charge >= 0.3 is 18.0 Å². The first-order chi connectivity index (χ1) is 25.4. The van der Waals surface area contributed by atoms with E-state index >= 15 is 0 Å². The van der Waals surface area contributed by atoms with E-state index in [-0.39, 0.29) is 24.2 Å². The van der Waals surface area contributed by atoms with Crippen LogP contribution in [0.25, 0.3) is 0 Å². The van der Waals surface area contributed by atoms with Crippen molar-refractivity contribution in [2.45, 2.75) is 71.2 Å². The van der Waals surface area contributed by atoms with Crippen LogP contribution >= 0.6 is 0 Å². The first-order valence-corrected chi connectivity index (χ1v) is 16.9. The van der Waals surface area contributed by atoms with E-state index in [0.717, 1.165) is 6.07 Å². The van der Waals surface area contributed by atoms with Gasteiger partial charge in [0.05, 0.1) is 0 Å². The average molecular weight is 748 g/mol. The van der Waals surface area contributed by atoms with Gasteiger partial charge in [-0.1, -0.05) is 68.4 Å². The van der Waals surface area contributed by atoms with Crippen LogP contribution in [0.5, 0.6) is 5.75 Å². The Kier molecular flexibility index (Phi) is 15.1. The molecule has 54 heavy (non-hydrogen) atoms. The molecule has 3 aromatic carbocycles. The Bertz CT molecular complexity index is 1810. The molecule has 288 valence electrons. The molecular weight excluding hydrogens is 702 g/mol. The number of carboxylic acids is 2. The molecule has 3 atom stereocenters. The molecule has 16 heteroatoms. The van der Waals surface area contributed by atoms with Crippen molar-refractivity contribution in [2.24, 2.45) is 5.92 Å². The molecule has 3 rings (SSSR count). The third-order valence-electron chi connectivity index (χ3n) is 7.57. The number of hydrogen-bond acceptors (Lipinski definition) is 9. The first kappa shape index (κ1) is 42.0. The smallest absolute Gasteiger partial charge is 0.408 e. The zero-order valence-corrected chi connectivity index (χ0v) is 30.5. The largest absolute Gasteiger partial charge is 0.481 e. The second-order valence-corrected chi connectivity index (χ2v) is 13.5. The topological polar surface area (TPSA) is 239 Å². The van der Waals surface area contributed by atoms with Gasteiger partial charge in [0.25, 0.3) is 17.7 Å². The van der Waals surface area contributed by atoms with E-state index in [1.54, 1.807) is 95.3 Å². The summed E-state index contributed by atoms with van der Waals surface area (Å²) in [6.45, 7) is 7.51. The molecule has 1 unspecified atom stereocenters. The Balaban J connectivity index is 1.90. The maximum Gasteiger partial charge on any atom is 0.408 e. The van der Waals surface area contributed by atoms with Crippen LogP contribution in [-0.2, 0) is 36.8 Å². The summed E-state index contributed by atoms with van der Waals surface area (Å²) in [5.74, 6) is -6.48. The molecule has 3 aromatic rings. The van der Waals surface area contributed by atoms with Crippen molar-refractivity contribution >= 4 is 41.7 Å². The lowest BCUT2D eigenvalue weighted by Crippen LogP contribution is -2.59. The van der Waals surface area contributed by atoms with Gasteiger partial charge in [0, 0.05) is 18.4 Å². The maximum atomic E-state index is 13.9. The fourth-order valence-electron chi connectivity index (χ4n) is 5.00. The third-order valence-corrected chi connectivity index (χ3v) is 7.57. The minimum absolute atomic E-state index is 0.00700. The van der Waals surface area contributed by atoms with Crippen LogP contribution in [0.3, 0.4) is 0 Å². The number of rotatable bonds is 16. The van der Waals surface area contributed by atoms with Crippen LogP contribution in [-0.4, -0.2) is 82.2 Å². The van der Waals surface area contributed by atoms with Gasteiger partial charge in [-0.2, -0.15) is 0 Å². The monoisotopic (exact) mass is 747 g/mol. The first-order valence-electron chi connectivity index (χ1n) is 16.9. The number of hydrogen-bond donors (Lipinski definition) is 7. The number of benzene rings is 3. The van der Waals surface area contributed by atoms with Crippen molar-refractivity contribution in [3.63, 3.8) is 0 Å².